The molecule has 4 aliphatic rings. The number of carbonyl (C=O) groups is 4. The van der Waals surface area contributed by atoms with Crippen LogP contribution in [0.5, 0.6) is 11.6 Å². The molecule has 17 heteroatoms. The highest BCUT2D eigenvalue weighted by molar-refractivity contribution is 7.91. The third kappa shape index (κ3) is 8.42. The van der Waals surface area contributed by atoms with Crippen molar-refractivity contribution in [1.82, 2.24) is 25.2 Å². The summed E-state index contributed by atoms with van der Waals surface area (Å²) >= 11 is 0. The Bertz CT molecular complexity index is 2020. The molecule has 1 saturated heterocycles. The summed E-state index contributed by atoms with van der Waals surface area (Å²) in [5, 5.41) is 6.42. The van der Waals surface area contributed by atoms with Gasteiger partial charge >= 0.3 is 6.09 Å². The Morgan fingerprint density at radius 3 is 2.54 bits per heavy atom. The van der Waals surface area contributed by atoms with Crippen LogP contribution in [0.25, 0.3) is 10.8 Å². The number of sulfonamides is 1. The molecule has 3 N–H and O–H groups in total. The second kappa shape index (κ2) is 15.4. The van der Waals surface area contributed by atoms with Crippen LogP contribution in [-0.4, -0.2) is 96.5 Å². The van der Waals surface area contributed by atoms with Crippen molar-refractivity contribution in [2.75, 3.05) is 20.3 Å². The molecule has 4 amide bonds. The lowest BCUT2D eigenvalue weighted by Crippen LogP contribution is -2.59. The van der Waals surface area contributed by atoms with Crippen LogP contribution in [0.4, 0.5) is 13.6 Å². The summed E-state index contributed by atoms with van der Waals surface area (Å²) in [7, 11) is -3.07. The topological polar surface area (TPSA) is 182 Å². The molecule has 0 bridgehead atoms. The van der Waals surface area contributed by atoms with Gasteiger partial charge in [0.2, 0.25) is 27.7 Å². The number of ether oxygens (including phenoxy) is 3. The minimum absolute atomic E-state index is 0.0200. The van der Waals surface area contributed by atoms with E-state index in [1.807, 2.05) is 19.9 Å². The third-order valence-corrected chi connectivity index (χ3v) is 13.3. The largest absolute Gasteiger partial charge is 0.494 e. The van der Waals surface area contributed by atoms with Crippen LogP contribution in [-0.2, 0) is 29.1 Å². The predicted molar refractivity (Wildman–Crippen MR) is 201 cm³/mol. The van der Waals surface area contributed by atoms with Gasteiger partial charge in [0, 0.05) is 23.9 Å². The van der Waals surface area contributed by atoms with Crippen molar-refractivity contribution in [2.45, 2.75) is 114 Å². The van der Waals surface area contributed by atoms with Gasteiger partial charge in [0.25, 0.3) is 5.91 Å². The molecule has 1 aromatic heterocycles. The first-order chi connectivity index (χ1) is 26.3. The number of carbonyl (C=O) groups excluding carboxylic acids is 4. The summed E-state index contributed by atoms with van der Waals surface area (Å²) in [4.78, 5) is 61.9. The summed E-state index contributed by atoms with van der Waals surface area (Å²) in [6, 6.07) is 1.97. The SMILES string of the molecule is COc1cc2ccnc(O[C@@H]3C[C@H]4C(=O)N[C@]5(C(=O)NS(=O)(=O)C6(CF)CC6)C[C@H]5/C=C\CC[C@@H](C)C[C@@H](C)[C@H](NC(=O)OC(C)(C)C)C(=O)N4C3)c2cc1F. The fourth-order valence-electron chi connectivity index (χ4n) is 7.74. The molecule has 2 saturated carbocycles. The van der Waals surface area contributed by atoms with Crippen LogP contribution in [0, 0.1) is 23.6 Å². The highest BCUT2D eigenvalue weighted by Crippen LogP contribution is 2.48. The van der Waals surface area contributed by atoms with E-state index in [1.165, 1.54) is 30.3 Å². The number of halogens is 2. The molecule has 0 unspecified atom stereocenters. The van der Waals surface area contributed by atoms with Crippen molar-refractivity contribution in [2.24, 2.45) is 17.8 Å². The highest BCUT2D eigenvalue weighted by Gasteiger charge is 2.64. The molecule has 3 fully saturated rings. The zero-order valence-corrected chi connectivity index (χ0v) is 33.3. The zero-order chi connectivity index (χ0) is 40.8. The molecule has 0 spiro atoms. The number of allylic oxidation sites excluding steroid dienone is 1. The number of aromatic nitrogens is 1. The second-order valence-corrected chi connectivity index (χ2v) is 18.9. The lowest BCUT2D eigenvalue weighted by atomic mass is 9.88. The summed E-state index contributed by atoms with van der Waals surface area (Å²) in [6.07, 6.45) is 5.38. The molecular formula is C39H51F2N5O9S. The maximum absolute atomic E-state index is 14.9. The smallest absolute Gasteiger partial charge is 0.408 e. The average molecular weight is 804 g/mol. The predicted octanol–water partition coefficient (Wildman–Crippen LogP) is 4.46. The van der Waals surface area contributed by atoms with Crippen molar-refractivity contribution >= 4 is 44.6 Å². The average Bonchev–Trinajstić information content (AvgIpc) is 4.02. The zero-order valence-electron chi connectivity index (χ0n) is 32.5. The molecule has 7 atom stereocenters. The van der Waals surface area contributed by atoms with E-state index in [0.717, 1.165) is 0 Å². The van der Waals surface area contributed by atoms with Gasteiger partial charge in [0.1, 0.15) is 40.7 Å². The van der Waals surface area contributed by atoms with Gasteiger partial charge in [0.05, 0.1) is 13.7 Å². The molecule has 56 heavy (non-hydrogen) atoms. The van der Waals surface area contributed by atoms with E-state index in [4.69, 9.17) is 14.2 Å². The number of fused-ring (bicyclic) bond motifs is 3. The van der Waals surface area contributed by atoms with Crippen LogP contribution in [0.2, 0.25) is 0 Å². The van der Waals surface area contributed by atoms with Gasteiger partial charge in [-0.25, -0.2) is 27.0 Å². The van der Waals surface area contributed by atoms with Gasteiger partial charge in [-0.2, -0.15) is 0 Å². The molecule has 2 aliphatic heterocycles. The third-order valence-electron chi connectivity index (χ3n) is 11.2. The van der Waals surface area contributed by atoms with Crippen molar-refractivity contribution in [3.63, 3.8) is 0 Å². The highest BCUT2D eigenvalue weighted by atomic mass is 32.2. The number of rotatable bonds is 8. The molecule has 2 aliphatic carbocycles. The molecule has 2 aromatic rings. The number of hydrogen-bond donors (Lipinski definition) is 3. The number of alkyl carbamates (subject to hydrolysis) is 1. The van der Waals surface area contributed by atoms with E-state index in [0.29, 0.717) is 30.0 Å². The Hall–Kier alpha value is -4.54. The van der Waals surface area contributed by atoms with E-state index < -0.39 is 92.2 Å². The maximum atomic E-state index is 14.9. The molecule has 0 radical (unpaired) electrons. The molecule has 6 rings (SSSR count). The van der Waals surface area contributed by atoms with Crippen LogP contribution in [0.15, 0.2) is 36.5 Å². The number of amides is 4. The Kier molecular flexibility index (Phi) is 11.3. The number of benzene rings is 1. The maximum Gasteiger partial charge on any atom is 0.408 e. The number of alkyl halides is 1. The van der Waals surface area contributed by atoms with E-state index in [2.05, 4.69) is 20.3 Å². The van der Waals surface area contributed by atoms with E-state index >= 15 is 0 Å². The first-order valence-electron chi connectivity index (χ1n) is 19.0. The first-order valence-corrected chi connectivity index (χ1v) is 20.5. The fourth-order valence-corrected chi connectivity index (χ4v) is 9.17. The Labute approximate surface area is 325 Å². The summed E-state index contributed by atoms with van der Waals surface area (Å²) in [5.41, 5.74) is -2.56. The van der Waals surface area contributed by atoms with Gasteiger partial charge in [-0.3, -0.25) is 19.1 Å². The standard InChI is InChI=1S/C39H51F2N5O9S/c1-22-9-7-8-10-25-19-39(25,35(49)45-56(51,52)38(21-40)12-13-38)44-32(47)29-17-26(54-33-27-18-28(41)30(53-6)16-24(27)11-14-42-33)20-46(29)34(48)31(23(2)15-22)43-36(50)55-37(3,4)5/h8,10-11,14,16,18,22-23,25-26,29,31H,7,9,12-13,15,17,19-21H2,1-6H3,(H,43,50)(H,44,47)(H,45,49)/b10-8-/t22-,23-,25-,26-,29+,31+,39-/m1/s1. The van der Waals surface area contributed by atoms with Gasteiger partial charge in [-0.1, -0.05) is 26.0 Å². The quantitative estimate of drug-likeness (QED) is 0.323. The summed E-state index contributed by atoms with van der Waals surface area (Å²) in [6.45, 7) is 7.64. The van der Waals surface area contributed by atoms with Crippen LogP contribution in [0.1, 0.15) is 79.6 Å². The number of nitrogens with zero attached hydrogens (tertiary/aromatic N) is 2. The van der Waals surface area contributed by atoms with Gasteiger partial charge in [0.15, 0.2) is 11.6 Å². The minimum Gasteiger partial charge on any atom is -0.494 e. The summed E-state index contributed by atoms with van der Waals surface area (Å²) < 4.78 is 72.3. The van der Waals surface area contributed by atoms with Crippen molar-refractivity contribution < 1.29 is 50.6 Å². The lowest BCUT2D eigenvalue weighted by molar-refractivity contribution is -0.142. The van der Waals surface area contributed by atoms with E-state index in [-0.39, 0.29) is 49.8 Å². The number of nitrogens with one attached hydrogen (secondary N) is 3. The van der Waals surface area contributed by atoms with Gasteiger partial charge in [-0.05, 0) is 94.7 Å². The second-order valence-electron chi connectivity index (χ2n) is 16.8. The lowest BCUT2D eigenvalue weighted by Gasteiger charge is -2.33. The molecule has 306 valence electrons. The van der Waals surface area contributed by atoms with Crippen molar-refractivity contribution in [3.8, 4) is 11.6 Å². The van der Waals surface area contributed by atoms with Crippen LogP contribution in [0.3, 0.4) is 0 Å². The Balaban J connectivity index is 1.36. The monoisotopic (exact) mass is 803 g/mol. The Morgan fingerprint density at radius 2 is 1.88 bits per heavy atom. The number of hydrogen-bond acceptors (Lipinski definition) is 10. The number of pyridine rings is 1. The molecule has 1 aromatic carbocycles. The Morgan fingerprint density at radius 1 is 1.14 bits per heavy atom. The normalized spacial score (nSPS) is 29.8. The van der Waals surface area contributed by atoms with Gasteiger partial charge < -0.3 is 29.7 Å². The molecule has 14 nitrogen and oxygen atoms in total. The van der Waals surface area contributed by atoms with Gasteiger partial charge in [-0.15, -0.1) is 0 Å². The van der Waals surface area contributed by atoms with Crippen LogP contribution < -0.4 is 24.8 Å². The van der Waals surface area contributed by atoms with Crippen LogP contribution >= 0.6 is 0 Å². The summed E-state index contributed by atoms with van der Waals surface area (Å²) in [5.74, 6) is -3.83. The molecular weight excluding hydrogens is 753 g/mol. The number of methoxy groups -OCH3 is 1. The fraction of sp³-hybridized carbons (Fsp3) is 0.615. The minimum atomic E-state index is -4.41. The van der Waals surface area contributed by atoms with E-state index in [1.54, 1.807) is 32.9 Å². The molecule has 3 heterocycles. The van der Waals surface area contributed by atoms with Crippen molar-refractivity contribution in [3.05, 3.63) is 42.4 Å². The van der Waals surface area contributed by atoms with E-state index in [9.17, 15) is 36.4 Å². The first kappa shape index (κ1) is 41.1. The van der Waals surface area contributed by atoms with Crippen molar-refractivity contribution in [1.29, 1.82) is 0 Å².